The second-order valence-electron chi connectivity index (χ2n) is 7.53. The third-order valence-corrected chi connectivity index (χ3v) is 5.87. The van der Waals surface area contributed by atoms with Gasteiger partial charge in [0.2, 0.25) is 5.91 Å². The van der Waals surface area contributed by atoms with E-state index in [1.165, 1.54) is 23.1 Å². The Hall–Kier alpha value is -2.12. The largest absolute Gasteiger partial charge is 0.351 e. The number of rotatable bonds is 4. The molecule has 0 spiro atoms. The molecule has 142 valence electrons. The fourth-order valence-corrected chi connectivity index (χ4v) is 4.24. The van der Waals surface area contributed by atoms with Gasteiger partial charge in [-0.1, -0.05) is 17.8 Å². The lowest BCUT2D eigenvalue weighted by atomic mass is 10.1. The summed E-state index contributed by atoms with van der Waals surface area (Å²) in [6.45, 7) is 9.88. The molecule has 0 radical (unpaired) electrons. The third kappa shape index (κ3) is 4.42. The van der Waals surface area contributed by atoms with E-state index in [-0.39, 0.29) is 22.8 Å². The molecule has 0 atom stereocenters. The minimum Gasteiger partial charge on any atom is -0.351 e. The molecule has 3 rings (SSSR count). The Labute approximate surface area is 166 Å². The number of benzene rings is 1. The molecular weight excluding hydrogens is 378 g/mol. The van der Waals surface area contributed by atoms with Crippen molar-refractivity contribution in [2.24, 2.45) is 0 Å². The Morgan fingerprint density at radius 1 is 1.22 bits per heavy atom. The second-order valence-corrected chi connectivity index (χ2v) is 9.38. The number of thiophene rings is 1. The Morgan fingerprint density at radius 3 is 2.63 bits per heavy atom. The van der Waals surface area contributed by atoms with Gasteiger partial charge < -0.3 is 5.32 Å². The van der Waals surface area contributed by atoms with Crippen molar-refractivity contribution in [2.45, 2.75) is 45.3 Å². The number of hydrogen-bond acceptors (Lipinski definition) is 5. The van der Waals surface area contributed by atoms with E-state index < -0.39 is 0 Å². The normalized spacial score (nSPS) is 11.7. The molecule has 0 saturated carbocycles. The van der Waals surface area contributed by atoms with Crippen molar-refractivity contribution in [3.63, 3.8) is 0 Å². The summed E-state index contributed by atoms with van der Waals surface area (Å²) in [5, 5.41) is 5.33. The van der Waals surface area contributed by atoms with Gasteiger partial charge in [-0.15, -0.1) is 11.3 Å². The molecule has 5 nitrogen and oxygen atoms in total. The first-order chi connectivity index (χ1) is 12.7. The van der Waals surface area contributed by atoms with E-state index in [1.54, 1.807) is 4.57 Å². The minimum atomic E-state index is -0.296. The molecular formula is C20H23N3O2S2. The minimum absolute atomic E-state index is 0.0844. The van der Waals surface area contributed by atoms with Gasteiger partial charge in [-0.3, -0.25) is 14.2 Å². The van der Waals surface area contributed by atoms with Crippen LogP contribution in [0, 0.1) is 13.8 Å². The van der Waals surface area contributed by atoms with E-state index >= 15 is 0 Å². The molecule has 0 bridgehead atoms. The monoisotopic (exact) mass is 401 g/mol. The molecule has 0 fully saturated rings. The van der Waals surface area contributed by atoms with Gasteiger partial charge in [-0.05, 0) is 69.3 Å². The summed E-state index contributed by atoms with van der Waals surface area (Å²) in [5.41, 5.74) is 3.31. The van der Waals surface area contributed by atoms with Crippen molar-refractivity contribution in [2.75, 3.05) is 5.75 Å². The summed E-state index contributed by atoms with van der Waals surface area (Å²) in [4.78, 5) is 30.0. The van der Waals surface area contributed by atoms with E-state index in [0.717, 1.165) is 16.8 Å². The predicted molar refractivity (Wildman–Crippen MR) is 113 cm³/mol. The van der Waals surface area contributed by atoms with Crippen LogP contribution in [-0.4, -0.2) is 26.8 Å². The molecule has 0 saturated heterocycles. The Kier molecular flexibility index (Phi) is 5.44. The van der Waals surface area contributed by atoms with Crippen LogP contribution in [-0.2, 0) is 4.79 Å². The first kappa shape index (κ1) is 19.6. The van der Waals surface area contributed by atoms with E-state index in [4.69, 9.17) is 0 Å². The van der Waals surface area contributed by atoms with Crippen molar-refractivity contribution in [1.29, 1.82) is 0 Å². The Morgan fingerprint density at radius 2 is 1.96 bits per heavy atom. The van der Waals surface area contributed by atoms with Crippen LogP contribution in [0.5, 0.6) is 0 Å². The lowest BCUT2D eigenvalue weighted by molar-refractivity contribution is -0.119. The molecule has 7 heteroatoms. The van der Waals surface area contributed by atoms with Crippen molar-refractivity contribution >= 4 is 39.2 Å². The van der Waals surface area contributed by atoms with E-state index in [9.17, 15) is 9.59 Å². The van der Waals surface area contributed by atoms with Crippen LogP contribution in [0.2, 0.25) is 0 Å². The first-order valence-electron chi connectivity index (χ1n) is 8.67. The molecule has 27 heavy (non-hydrogen) atoms. The van der Waals surface area contributed by atoms with Gasteiger partial charge in [-0.2, -0.15) is 0 Å². The number of nitrogens with zero attached hydrogens (tertiary/aromatic N) is 2. The highest BCUT2D eigenvalue weighted by Crippen LogP contribution is 2.24. The van der Waals surface area contributed by atoms with Crippen LogP contribution < -0.4 is 10.9 Å². The van der Waals surface area contributed by atoms with Crippen LogP contribution in [0.3, 0.4) is 0 Å². The highest BCUT2D eigenvalue weighted by molar-refractivity contribution is 7.99. The van der Waals surface area contributed by atoms with Gasteiger partial charge >= 0.3 is 0 Å². The number of nitrogens with one attached hydrogen (secondary N) is 1. The zero-order valence-corrected chi connectivity index (χ0v) is 17.8. The van der Waals surface area contributed by atoms with E-state index in [1.807, 2.05) is 64.3 Å². The van der Waals surface area contributed by atoms with Gasteiger partial charge in [0.25, 0.3) is 5.56 Å². The number of aromatic nitrogens is 2. The maximum atomic E-state index is 13.1. The van der Waals surface area contributed by atoms with Gasteiger partial charge in [0.15, 0.2) is 5.16 Å². The smallest absolute Gasteiger partial charge is 0.276 e. The summed E-state index contributed by atoms with van der Waals surface area (Å²) in [6.07, 6.45) is 0. The highest BCUT2D eigenvalue weighted by atomic mass is 32.2. The van der Waals surface area contributed by atoms with Crippen LogP contribution in [0.1, 0.15) is 31.9 Å². The number of hydrogen-bond donors (Lipinski definition) is 1. The molecule has 1 aromatic carbocycles. The summed E-state index contributed by atoms with van der Waals surface area (Å²) in [5.74, 6) is 0.114. The van der Waals surface area contributed by atoms with Crippen molar-refractivity contribution in [1.82, 2.24) is 14.9 Å². The number of carbonyl (C=O) groups is 1. The number of carbonyl (C=O) groups excluding carboxylic acids is 1. The standard InChI is InChI=1S/C20H23N3O2S2/c1-12-6-7-14(10-13(12)2)23-18(25)17-15(8-9-26-17)21-19(23)27-11-16(24)22-20(3,4)5/h6-10H,11H2,1-5H3,(H,22,24). The van der Waals surface area contributed by atoms with E-state index in [0.29, 0.717) is 15.4 Å². The number of fused-ring (bicyclic) bond motifs is 1. The van der Waals surface area contributed by atoms with Gasteiger partial charge in [-0.25, -0.2) is 4.98 Å². The molecule has 0 aliphatic carbocycles. The fourth-order valence-electron chi connectivity index (χ4n) is 2.67. The van der Waals surface area contributed by atoms with Crippen LogP contribution in [0.4, 0.5) is 0 Å². The second kappa shape index (κ2) is 7.48. The number of aryl methyl sites for hydroxylation is 2. The zero-order chi connectivity index (χ0) is 19.8. The average molecular weight is 402 g/mol. The summed E-state index contributed by atoms with van der Waals surface area (Å²) < 4.78 is 2.23. The summed E-state index contributed by atoms with van der Waals surface area (Å²) in [6, 6.07) is 7.74. The van der Waals surface area contributed by atoms with Gasteiger partial charge in [0.05, 0.1) is 17.0 Å². The van der Waals surface area contributed by atoms with Crippen molar-refractivity contribution < 1.29 is 4.79 Å². The molecule has 3 aromatic rings. The third-order valence-electron chi connectivity index (χ3n) is 4.04. The average Bonchev–Trinajstić information content (AvgIpc) is 3.03. The molecule has 1 amide bonds. The molecule has 2 aromatic heterocycles. The zero-order valence-electron chi connectivity index (χ0n) is 16.1. The predicted octanol–water partition coefficient (Wildman–Crippen LogP) is 4.07. The number of amides is 1. The van der Waals surface area contributed by atoms with Crippen LogP contribution >= 0.6 is 23.1 Å². The van der Waals surface area contributed by atoms with Crippen molar-refractivity contribution in [3.05, 3.63) is 51.1 Å². The number of thioether (sulfide) groups is 1. The lowest BCUT2D eigenvalue weighted by Gasteiger charge is -2.20. The maximum Gasteiger partial charge on any atom is 0.276 e. The summed E-state index contributed by atoms with van der Waals surface area (Å²) >= 11 is 2.66. The topological polar surface area (TPSA) is 64.0 Å². The molecule has 1 N–H and O–H groups in total. The molecule has 0 aliphatic heterocycles. The quantitative estimate of drug-likeness (QED) is 0.529. The maximum absolute atomic E-state index is 13.1. The van der Waals surface area contributed by atoms with Gasteiger partial charge in [0.1, 0.15) is 4.70 Å². The van der Waals surface area contributed by atoms with Crippen LogP contribution in [0.15, 0.2) is 39.6 Å². The summed E-state index contributed by atoms with van der Waals surface area (Å²) in [7, 11) is 0. The Balaban J connectivity index is 2.04. The first-order valence-corrected chi connectivity index (χ1v) is 10.5. The van der Waals surface area contributed by atoms with E-state index in [2.05, 4.69) is 10.3 Å². The fraction of sp³-hybridized carbons (Fsp3) is 0.350. The Bertz CT molecular complexity index is 1060. The highest BCUT2D eigenvalue weighted by Gasteiger charge is 2.18. The lowest BCUT2D eigenvalue weighted by Crippen LogP contribution is -2.41. The molecule has 2 heterocycles. The van der Waals surface area contributed by atoms with Gasteiger partial charge in [0, 0.05) is 5.54 Å². The SMILES string of the molecule is Cc1ccc(-n2c(SCC(=O)NC(C)(C)C)nc3ccsc3c2=O)cc1C. The van der Waals surface area contributed by atoms with Crippen molar-refractivity contribution in [3.8, 4) is 5.69 Å². The molecule has 0 aliphatic rings. The molecule has 0 unspecified atom stereocenters. The van der Waals surface area contributed by atoms with Crippen LogP contribution in [0.25, 0.3) is 15.9 Å².